The fraction of sp³-hybridized carbons (Fsp3) is 0.909. The second-order valence-electron chi connectivity index (χ2n) is 4.67. The van der Waals surface area contributed by atoms with Crippen LogP contribution in [0.25, 0.3) is 0 Å². The molecule has 1 heterocycles. The van der Waals surface area contributed by atoms with Gasteiger partial charge in [0.2, 0.25) is 5.91 Å². The molecule has 0 spiro atoms. The van der Waals surface area contributed by atoms with E-state index in [2.05, 4.69) is 5.32 Å². The van der Waals surface area contributed by atoms with E-state index in [9.17, 15) is 9.90 Å². The molecule has 16 heavy (non-hydrogen) atoms. The Bertz CT molecular complexity index is 248. The summed E-state index contributed by atoms with van der Waals surface area (Å²) < 4.78 is 5.18. The van der Waals surface area contributed by atoms with Gasteiger partial charge in [-0.15, -0.1) is 0 Å². The van der Waals surface area contributed by atoms with Gasteiger partial charge >= 0.3 is 0 Å². The lowest BCUT2D eigenvalue weighted by atomic mass is 9.80. The summed E-state index contributed by atoms with van der Waals surface area (Å²) in [6.45, 7) is 3.49. The quantitative estimate of drug-likeness (QED) is 0.671. The number of nitrogens with zero attached hydrogens (tertiary/aromatic N) is 1. The van der Waals surface area contributed by atoms with E-state index in [4.69, 9.17) is 4.74 Å². The van der Waals surface area contributed by atoms with Crippen LogP contribution in [0, 0.1) is 0 Å². The minimum atomic E-state index is -0.550. The van der Waals surface area contributed by atoms with Crippen LogP contribution in [0.2, 0.25) is 0 Å². The molecule has 2 N–H and O–H groups in total. The zero-order valence-electron chi connectivity index (χ0n) is 9.57. The summed E-state index contributed by atoms with van der Waals surface area (Å²) in [6, 6.07) is 0. The number of ether oxygens (including phenoxy) is 1. The molecule has 5 heteroatoms. The average Bonchev–Trinajstić information content (AvgIpc) is 2.28. The van der Waals surface area contributed by atoms with E-state index in [0.29, 0.717) is 39.4 Å². The second kappa shape index (κ2) is 5.12. The maximum absolute atomic E-state index is 11.7. The number of hydrogen-bond donors (Lipinski definition) is 2. The highest BCUT2D eigenvalue weighted by Crippen LogP contribution is 2.30. The highest BCUT2D eigenvalue weighted by atomic mass is 16.5. The minimum Gasteiger partial charge on any atom is -0.389 e. The van der Waals surface area contributed by atoms with Crippen molar-refractivity contribution in [3.63, 3.8) is 0 Å². The Labute approximate surface area is 95.8 Å². The molecule has 2 aliphatic rings. The number of nitrogens with one attached hydrogen (secondary N) is 1. The normalized spacial score (nSPS) is 23.9. The number of amides is 1. The van der Waals surface area contributed by atoms with Gasteiger partial charge in [-0.3, -0.25) is 4.79 Å². The molecule has 1 aliphatic carbocycles. The predicted molar refractivity (Wildman–Crippen MR) is 59.1 cm³/mol. The molecule has 1 saturated heterocycles. The molecule has 0 unspecified atom stereocenters. The molecule has 1 saturated carbocycles. The Balaban J connectivity index is 1.63. The van der Waals surface area contributed by atoms with E-state index >= 15 is 0 Å². The molecular weight excluding hydrogens is 208 g/mol. The number of carbonyl (C=O) groups excluding carboxylic acids is 1. The summed E-state index contributed by atoms with van der Waals surface area (Å²) >= 11 is 0. The van der Waals surface area contributed by atoms with Crippen LogP contribution >= 0.6 is 0 Å². The highest BCUT2D eigenvalue weighted by Gasteiger charge is 2.33. The molecule has 2 rings (SSSR count). The van der Waals surface area contributed by atoms with E-state index in [0.717, 1.165) is 19.3 Å². The largest absolute Gasteiger partial charge is 0.389 e. The third-order valence-corrected chi connectivity index (χ3v) is 3.38. The van der Waals surface area contributed by atoms with Crippen molar-refractivity contribution in [3.05, 3.63) is 0 Å². The molecule has 0 aromatic carbocycles. The number of rotatable bonds is 4. The van der Waals surface area contributed by atoms with Gasteiger partial charge in [-0.25, -0.2) is 0 Å². The predicted octanol–water partition coefficient (Wildman–Crippen LogP) is -0.650. The van der Waals surface area contributed by atoms with Gasteiger partial charge < -0.3 is 20.1 Å². The van der Waals surface area contributed by atoms with Crippen LogP contribution in [0.5, 0.6) is 0 Å². The third-order valence-electron chi connectivity index (χ3n) is 3.38. The first-order valence-electron chi connectivity index (χ1n) is 5.98. The number of morpholine rings is 1. The lowest BCUT2D eigenvalue weighted by Crippen LogP contribution is -2.50. The van der Waals surface area contributed by atoms with Gasteiger partial charge in [0.15, 0.2) is 0 Å². The van der Waals surface area contributed by atoms with Crippen LogP contribution in [0.3, 0.4) is 0 Å². The molecule has 0 bridgehead atoms. The van der Waals surface area contributed by atoms with Gasteiger partial charge in [0.1, 0.15) is 0 Å². The van der Waals surface area contributed by atoms with Crippen molar-refractivity contribution in [2.24, 2.45) is 0 Å². The SMILES string of the molecule is O=C(CNCC1(O)CCC1)N1CCOCC1. The smallest absolute Gasteiger partial charge is 0.236 e. The Morgan fingerprint density at radius 2 is 2.06 bits per heavy atom. The molecule has 0 aromatic heterocycles. The number of carbonyl (C=O) groups is 1. The molecule has 1 aliphatic heterocycles. The monoisotopic (exact) mass is 228 g/mol. The van der Waals surface area contributed by atoms with E-state index in [1.165, 1.54) is 0 Å². The third kappa shape index (κ3) is 2.93. The molecule has 0 radical (unpaired) electrons. The first-order chi connectivity index (χ1) is 7.70. The molecule has 0 atom stereocenters. The van der Waals surface area contributed by atoms with Gasteiger partial charge in [0.05, 0.1) is 25.4 Å². The zero-order chi connectivity index (χ0) is 11.4. The molecular formula is C11H20N2O3. The summed E-state index contributed by atoms with van der Waals surface area (Å²) in [5.74, 6) is 0.103. The molecule has 1 amide bonds. The maximum Gasteiger partial charge on any atom is 0.236 e. The lowest BCUT2D eigenvalue weighted by Gasteiger charge is -2.37. The maximum atomic E-state index is 11.7. The van der Waals surface area contributed by atoms with E-state index in [-0.39, 0.29) is 5.91 Å². The van der Waals surface area contributed by atoms with E-state index in [1.807, 2.05) is 0 Å². The second-order valence-corrected chi connectivity index (χ2v) is 4.67. The summed E-state index contributed by atoms with van der Waals surface area (Å²) in [6.07, 6.45) is 2.80. The topological polar surface area (TPSA) is 61.8 Å². The molecule has 0 aromatic rings. The summed E-state index contributed by atoms with van der Waals surface area (Å²) in [5.41, 5.74) is -0.550. The van der Waals surface area contributed by atoms with Crippen LogP contribution in [0.1, 0.15) is 19.3 Å². The minimum absolute atomic E-state index is 0.103. The Morgan fingerprint density at radius 3 is 2.62 bits per heavy atom. The molecule has 92 valence electrons. The average molecular weight is 228 g/mol. The Morgan fingerprint density at radius 1 is 1.38 bits per heavy atom. The summed E-state index contributed by atoms with van der Waals surface area (Å²) in [4.78, 5) is 13.5. The van der Waals surface area contributed by atoms with Gasteiger partial charge in [-0.05, 0) is 19.3 Å². The van der Waals surface area contributed by atoms with Crippen LogP contribution < -0.4 is 5.32 Å². The molecule has 2 fully saturated rings. The van der Waals surface area contributed by atoms with Crippen molar-refractivity contribution in [1.82, 2.24) is 10.2 Å². The lowest BCUT2D eigenvalue weighted by molar-refractivity contribution is -0.134. The van der Waals surface area contributed by atoms with Gasteiger partial charge in [-0.1, -0.05) is 0 Å². The van der Waals surface area contributed by atoms with Gasteiger partial charge in [0, 0.05) is 19.6 Å². The Hall–Kier alpha value is -0.650. The van der Waals surface area contributed by atoms with E-state index in [1.54, 1.807) is 4.90 Å². The summed E-state index contributed by atoms with van der Waals surface area (Å²) in [7, 11) is 0. The first-order valence-corrected chi connectivity index (χ1v) is 5.98. The van der Waals surface area contributed by atoms with Crippen LogP contribution in [-0.2, 0) is 9.53 Å². The van der Waals surface area contributed by atoms with Crippen molar-refractivity contribution in [1.29, 1.82) is 0 Å². The van der Waals surface area contributed by atoms with Gasteiger partial charge in [0.25, 0.3) is 0 Å². The fourth-order valence-electron chi connectivity index (χ4n) is 2.09. The highest BCUT2D eigenvalue weighted by molar-refractivity contribution is 5.78. The zero-order valence-corrected chi connectivity index (χ0v) is 9.57. The summed E-state index contributed by atoms with van der Waals surface area (Å²) in [5, 5.41) is 12.9. The van der Waals surface area contributed by atoms with Crippen molar-refractivity contribution >= 4 is 5.91 Å². The fourth-order valence-corrected chi connectivity index (χ4v) is 2.09. The van der Waals surface area contributed by atoms with Crippen LogP contribution in [-0.4, -0.2) is 60.9 Å². The van der Waals surface area contributed by atoms with Crippen LogP contribution in [0.15, 0.2) is 0 Å². The van der Waals surface area contributed by atoms with Crippen LogP contribution in [0.4, 0.5) is 0 Å². The van der Waals surface area contributed by atoms with Crippen molar-refractivity contribution in [3.8, 4) is 0 Å². The number of aliphatic hydroxyl groups is 1. The van der Waals surface area contributed by atoms with Crippen molar-refractivity contribution in [2.75, 3.05) is 39.4 Å². The first kappa shape index (κ1) is 11.8. The standard InChI is InChI=1S/C11H20N2O3/c14-10(13-4-6-16-7-5-13)8-12-9-11(15)2-1-3-11/h12,15H,1-9H2. The Kier molecular flexibility index (Phi) is 3.78. The molecule has 5 nitrogen and oxygen atoms in total. The van der Waals surface area contributed by atoms with E-state index < -0.39 is 5.60 Å². The number of hydrogen-bond acceptors (Lipinski definition) is 4. The van der Waals surface area contributed by atoms with Gasteiger partial charge in [-0.2, -0.15) is 0 Å². The van der Waals surface area contributed by atoms with Crippen molar-refractivity contribution < 1.29 is 14.6 Å². The van der Waals surface area contributed by atoms with Crippen molar-refractivity contribution in [2.45, 2.75) is 24.9 Å².